The van der Waals surface area contributed by atoms with Gasteiger partial charge in [0.15, 0.2) is 5.11 Å². The monoisotopic (exact) mass is 404 g/mol. The zero-order valence-corrected chi connectivity index (χ0v) is 14.7. The Morgan fingerprint density at radius 1 is 1.12 bits per heavy atom. The number of carbonyl (C=O) groups is 2. The van der Waals surface area contributed by atoms with Crippen molar-refractivity contribution >= 4 is 56.9 Å². The third-order valence-corrected chi connectivity index (χ3v) is 3.80. The van der Waals surface area contributed by atoms with Gasteiger partial charge in [-0.1, -0.05) is 24.3 Å². The number of carboxylic acid groups (broad SMARTS) is 1. The molecule has 2 aromatic rings. The predicted molar refractivity (Wildman–Crippen MR) is 101 cm³/mol. The molecule has 122 valence electrons. The van der Waals surface area contributed by atoms with E-state index in [1.807, 2.05) is 6.07 Å². The molecule has 0 aliphatic carbocycles. The van der Waals surface area contributed by atoms with Crippen LogP contribution in [0.15, 0.2) is 59.1 Å². The fourth-order valence-electron chi connectivity index (χ4n) is 1.87. The molecule has 0 bridgehead atoms. The maximum absolute atomic E-state index is 12.2. The predicted octanol–water partition coefficient (Wildman–Crippen LogP) is 3.67. The van der Waals surface area contributed by atoms with Crippen LogP contribution in [0.3, 0.4) is 0 Å². The number of hydrogen-bond donors (Lipinski definition) is 3. The highest BCUT2D eigenvalue weighted by atomic mass is 79.9. The molecule has 0 fully saturated rings. The average Bonchev–Trinajstić information content (AvgIpc) is 2.53. The zero-order valence-electron chi connectivity index (χ0n) is 12.3. The maximum atomic E-state index is 12.2. The van der Waals surface area contributed by atoms with Gasteiger partial charge in [0.25, 0.3) is 5.91 Å². The van der Waals surface area contributed by atoms with Gasteiger partial charge >= 0.3 is 5.97 Å². The molecule has 0 radical (unpaired) electrons. The van der Waals surface area contributed by atoms with Crippen LogP contribution in [0.1, 0.15) is 15.9 Å². The van der Waals surface area contributed by atoms with Gasteiger partial charge in [0.05, 0.1) is 5.56 Å². The highest BCUT2D eigenvalue weighted by Crippen LogP contribution is 2.16. The standard InChI is InChI=1S/C17H13BrN2O3S/c18-14-7-2-1-6-13(14)16(23)20-17(24)19-12-5-3-4-11(10-12)8-9-15(21)22/h1-10H,(H,21,22)(H2,19,20,23,24)/b9-8+. The number of anilines is 1. The fraction of sp³-hybridized carbons (Fsp3) is 0. The topological polar surface area (TPSA) is 78.4 Å². The van der Waals surface area contributed by atoms with Gasteiger partial charge in [-0.3, -0.25) is 10.1 Å². The summed E-state index contributed by atoms with van der Waals surface area (Å²) in [4.78, 5) is 22.7. The molecule has 24 heavy (non-hydrogen) atoms. The van der Waals surface area contributed by atoms with Gasteiger partial charge in [-0.15, -0.1) is 0 Å². The van der Waals surface area contributed by atoms with E-state index in [0.717, 1.165) is 6.08 Å². The van der Waals surface area contributed by atoms with Crippen molar-refractivity contribution in [3.8, 4) is 0 Å². The summed E-state index contributed by atoms with van der Waals surface area (Å²) >= 11 is 8.45. The van der Waals surface area contributed by atoms with Crippen molar-refractivity contribution in [1.82, 2.24) is 5.32 Å². The van der Waals surface area contributed by atoms with Crippen LogP contribution in [0, 0.1) is 0 Å². The molecule has 2 aromatic carbocycles. The lowest BCUT2D eigenvalue weighted by atomic mass is 10.2. The molecule has 0 saturated carbocycles. The van der Waals surface area contributed by atoms with E-state index in [0.29, 0.717) is 21.3 Å². The van der Waals surface area contributed by atoms with Crippen molar-refractivity contribution in [2.75, 3.05) is 5.32 Å². The lowest BCUT2D eigenvalue weighted by Crippen LogP contribution is -2.34. The number of halogens is 1. The molecule has 2 rings (SSSR count). The van der Waals surface area contributed by atoms with Crippen molar-refractivity contribution < 1.29 is 14.7 Å². The summed E-state index contributed by atoms with van der Waals surface area (Å²) in [7, 11) is 0. The quantitative estimate of drug-likeness (QED) is 0.535. The summed E-state index contributed by atoms with van der Waals surface area (Å²) in [5.41, 5.74) is 1.81. The van der Waals surface area contributed by atoms with E-state index in [1.54, 1.807) is 42.5 Å². The van der Waals surface area contributed by atoms with E-state index in [-0.39, 0.29) is 11.0 Å². The molecule has 0 unspecified atom stereocenters. The molecule has 5 nitrogen and oxygen atoms in total. The Morgan fingerprint density at radius 3 is 2.58 bits per heavy atom. The minimum Gasteiger partial charge on any atom is -0.478 e. The number of aliphatic carboxylic acids is 1. The summed E-state index contributed by atoms with van der Waals surface area (Å²) in [6, 6.07) is 14.0. The van der Waals surface area contributed by atoms with Crippen LogP contribution in [0.4, 0.5) is 5.69 Å². The first-order chi connectivity index (χ1) is 11.5. The minimum atomic E-state index is -1.02. The molecule has 0 aromatic heterocycles. The summed E-state index contributed by atoms with van der Waals surface area (Å²) in [6.07, 6.45) is 2.52. The number of benzene rings is 2. The van der Waals surface area contributed by atoms with Crippen molar-refractivity contribution in [2.24, 2.45) is 0 Å². The van der Waals surface area contributed by atoms with Gasteiger partial charge in [0.1, 0.15) is 0 Å². The molecule has 0 aliphatic rings. The Balaban J connectivity index is 2.02. The molecular formula is C17H13BrN2O3S. The smallest absolute Gasteiger partial charge is 0.328 e. The van der Waals surface area contributed by atoms with Crippen LogP contribution in [0.2, 0.25) is 0 Å². The van der Waals surface area contributed by atoms with Gasteiger partial charge in [-0.2, -0.15) is 0 Å². The third kappa shape index (κ3) is 5.29. The van der Waals surface area contributed by atoms with Crippen LogP contribution in [-0.2, 0) is 4.79 Å². The summed E-state index contributed by atoms with van der Waals surface area (Å²) < 4.78 is 0.672. The molecular weight excluding hydrogens is 392 g/mol. The van der Waals surface area contributed by atoms with Gasteiger partial charge in [-0.05, 0) is 64.1 Å². The lowest BCUT2D eigenvalue weighted by Gasteiger charge is -2.10. The van der Waals surface area contributed by atoms with E-state index in [9.17, 15) is 9.59 Å². The molecule has 0 atom stereocenters. The summed E-state index contributed by atoms with van der Waals surface area (Å²) in [5, 5.41) is 14.3. The number of nitrogens with one attached hydrogen (secondary N) is 2. The number of rotatable bonds is 4. The van der Waals surface area contributed by atoms with Crippen LogP contribution < -0.4 is 10.6 Å². The highest BCUT2D eigenvalue weighted by Gasteiger charge is 2.10. The van der Waals surface area contributed by atoms with Crippen LogP contribution in [-0.4, -0.2) is 22.1 Å². The van der Waals surface area contributed by atoms with E-state index >= 15 is 0 Å². The Hall–Kier alpha value is -2.51. The first kappa shape index (κ1) is 17.8. The van der Waals surface area contributed by atoms with Crippen molar-refractivity contribution in [3.63, 3.8) is 0 Å². The van der Waals surface area contributed by atoms with Crippen molar-refractivity contribution in [2.45, 2.75) is 0 Å². The van der Waals surface area contributed by atoms with Crippen LogP contribution in [0.25, 0.3) is 6.08 Å². The Morgan fingerprint density at radius 2 is 1.88 bits per heavy atom. The minimum absolute atomic E-state index is 0.148. The van der Waals surface area contributed by atoms with Crippen LogP contribution in [0.5, 0.6) is 0 Å². The molecule has 0 heterocycles. The van der Waals surface area contributed by atoms with Gasteiger partial charge in [0, 0.05) is 16.2 Å². The molecule has 3 N–H and O–H groups in total. The number of hydrogen-bond acceptors (Lipinski definition) is 3. The maximum Gasteiger partial charge on any atom is 0.328 e. The summed E-state index contributed by atoms with van der Waals surface area (Å²) in [6.45, 7) is 0. The normalized spacial score (nSPS) is 10.4. The van der Waals surface area contributed by atoms with Gasteiger partial charge in [0.2, 0.25) is 0 Å². The fourth-order valence-corrected chi connectivity index (χ4v) is 2.54. The third-order valence-electron chi connectivity index (χ3n) is 2.91. The number of amides is 1. The Bertz CT molecular complexity index is 821. The molecule has 1 amide bonds. The van der Waals surface area contributed by atoms with Gasteiger partial charge in [-0.25, -0.2) is 4.79 Å². The van der Waals surface area contributed by atoms with E-state index < -0.39 is 5.97 Å². The number of thiocarbonyl (C=S) groups is 1. The molecule has 0 aliphatic heterocycles. The van der Waals surface area contributed by atoms with E-state index in [4.69, 9.17) is 17.3 Å². The van der Waals surface area contributed by atoms with Crippen molar-refractivity contribution in [3.05, 3.63) is 70.2 Å². The number of carbonyl (C=O) groups excluding carboxylic acids is 1. The second-order valence-corrected chi connectivity index (χ2v) is 5.95. The molecule has 0 spiro atoms. The lowest BCUT2D eigenvalue weighted by molar-refractivity contribution is -0.131. The molecule has 7 heteroatoms. The average molecular weight is 405 g/mol. The van der Waals surface area contributed by atoms with Crippen LogP contribution >= 0.6 is 28.1 Å². The SMILES string of the molecule is O=C(O)/C=C/c1cccc(NC(=S)NC(=O)c2ccccc2Br)c1. The molecule has 0 saturated heterocycles. The Kier molecular flexibility index (Phi) is 6.22. The van der Waals surface area contributed by atoms with Crippen molar-refractivity contribution in [1.29, 1.82) is 0 Å². The van der Waals surface area contributed by atoms with Gasteiger partial charge < -0.3 is 10.4 Å². The number of carboxylic acids is 1. The second kappa shape index (κ2) is 8.37. The largest absolute Gasteiger partial charge is 0.478 e. The van der Waals surface area contributed by atoms with E-state index in [2.05, 4.69) is 26.6 Å². The first-order valence-corrected chi connectivity index (χ1v) is 8.04. The zero-order chi connectivity index (χ0) is 17.5. The Labute approximate surface area is 152 Å². The summed E-state index contributed by atoms with van der Waals surface area (Å²) in [5.74, 6) is -1.36. The van der Waals surface area contributed by atoms with E-state index in [1.165, 1.54) is 6.08 Å². The first-order valence-electron chi connectivity index (χ1n) is 6.83. The highest BCUT2D eigenvalue weighted by molar-refractivity contribution is 9.10. The second-order valence-electron chi connectivity index (χ2n) is 4.69.